The van der Waals surface area contributed by atoms with E-state index in [1.165, 1.54) is 12.0 Å². The second kappa shape index (κ2) is 5.58. The number of esters is 1. The molecular weight excluding hydrogens is 212 g/mol. The molecule has 1 aromatic rings. The van der Waals surface area contributed by atoms with Crippen molar-refractivity contribution in [2.75, 3.05) is 7.11 Å². The minimum atomic E-state index is -0.415. The van der Waals surface area contributed by atoms with Crippen molar-refractivity contribution in [3.63, 3.8) is 0 Å². The third kappa shape index (κ3) is 3.77. The van der Waals surface area contributed by atoms with Crippen molar-refractivity contribution < 1.29 is 13.7 Å². The maximum atomic E-state index is 11.2. The van der Waals surface area contributed by atoms with Crippen LogP contribution < -0.4 is 4.74 Å². The maximum Gasteiger partial charge on any atom is 0.338 e. The lowest BCUT2D eigenvalue weighted by Crippen LogP contribution is -2.07. The highest BCUT2D eigenvalue weighted by Gasteiger charge is 2.04. The summed E-state index contributed by atoms with van der Waals surface area (Å²) in [5, 5.41) is 0. The van der Waals surface area contributed by atoms with E-state index < -0.39 is 5.97 Å². The summed E-state index contributed by atoms with van der Waals surface area (Å²) >= 11 is 1.25. The Hall–Kier alpha value is -1.26. The fraction of sp³-hybridized carbons (Fsp3) is 0.182. The number of hydrogen-bond donors (Lipinski definition) is 0. The van der Waals surface area contributed by atoms with E-state index in [0.717, 1.165) is 4.90 Å². The summed E-state index contributed by atoms with van der Waals surface area (Å²) in [5.74, 6) is 0.0885. The fourth-order valence-electron chi connectivity index (χ4n) is 0.854. The van der Waals surface area contributed by atoms with E-state index in [4.69, 9.17) is 8.92 Å². The van der Waals surface area contributed by atoms with E-state index in [9.17, 15) is 4.79 Å². The predicted octanol–water partition coefficient (Wildman–Crippen LogP) is 2.82. The lowest BCUT2D eigenvalue weighted by molar-refractivity contribution is -0.130. The highest BCUT2D eigenvalue weighted by molar-refractivity contribution is 7.94. The lowest BCUT2D eigenvalue weighted by Gasteiger charge is -2.04. The van der Waals surface area contributed by atoms with Crippen molar-refractivity contribution in [1.29, 1.82) is 0 Å². The van der Waals surface area contributed by atoms with Crippen LogP contribution in [0.1, 0.15) is 6.92 Å². The average molecular weight is 224 g/mol. The Kier molecular flexibility index (Phi) is 4.39. The topological polar surface area (TPSA) is 35.5 Å². The molecule has 0 aliphatic rings. The third-order valence-electron chi connectivity index (χ3n) is 1.56. The molecule has 0 saturated heterocycles. The Labute approximate surface area is 93.3 Å². The molecule has 0 amide bonds. The number of rotatable bonds is 4. The Morgan fingerprint density at radius 3 is 2.40 bits per heavy atom. The second-order valence-corrected chi connectivity index (χ2v) is 3.86. The van der Waals surface area contributed by atoms with Crippen molar-refractivity contribution in [3.8, 4) is 5.75 Å². The molecular formula is C11H12O3S. The molecule has 3 nitrogen and oxygen atoms in total. The minimum absolute atomic E-state index is 0.380. The number of carbonyl (C=O) groups is 1. The van der Waals surface area contributed by atoms with Gasteiger partial charge in [-0.15, -0.1) is 0 Å². The molecule has 1 rings (SSSR count). The number of carbonyl (C=O) groups excluding carboxylic acids is 1. The summed E-state index contributed by atoms with van der Waals surface area (Å²) in [5.41, 5.74) is 0.380. The van der Waals surface area contributed by atoms with Gasteiger partial charge >= 0.3 is 5.97 Å². The highest BCUT2D eigenvalue weighted by atomic mass is 32.2. The molecule has 0 unspecified atom stereocenters. The van der Waals surface area contributed by atoms with Crippen LogP contribution in [0, 0.1) is 0 Å². The van der Waals surface area contributed by atoms with Gasteiger partial charge < -0.3 is 8.92 Å². The van der Waals surface area contributed by atoms with Gasteiger partial charge in [-0.25, -0.2) is 4.79 Å². The van der Waals surface area contributed by atoms with E-state index in [1.807, 2.05) is 12.1 Å². The minimum Gasteiger partial charge on any atom is -0.423 e. The standard InChI is InChI=1S/C11H12O3S/c1-8(2)11(12)14-9-4-6-10(7-5-9)15-13-3/h4-7H,1H2,2-3H3. The van der Waals surface area contributed by atoms with E-state index in [-0.39, 0.29) is 0 Å². The van der Waals surface area contributed by atoms with Crippen LogP contribution in [0.15, 0.2) is 41.3 Å². The molecule has 0 radical (unpaired) electrons. The fourth-order valence-corrected chi connectivity index (χ4v) is 1.29. The van der Waals surface area contributed by atoms with Crippen molar-refractivity contribution in [1.82, 2.24) is 0 Å². The first-order chi connectivity index (χ1) is 7.13. The zero-order valence-corrected chi connectivity index (χ0v) is 9.47. The van der Waals surface area contributed by atoms with Gasteiger partial charge in [0.25, 0.3) is 0 Å². The quantitative estimate of drug-likeness (QED) is 0.341. The van der Waals surface area contributed by atoms with Crippen molar-refractivity contribution in [2.45, 2.75) is 11.8 Å². The van der Waals surface area contributed by atoms with Crippen molar-refractivity contribution >= 4 is 18.0 Å². The van der Waals surface area contributed by atoms with Gasteiger partial charge in [-0.05, 0) is 31.2 Å². The van der Waals surface area contributed by atoms with Crippen molar-refractivity contribution in [2.24, 2.45) is 0 Å². The molecule has 80 valence electrons. The van der Waals surface area contributed by atoms with Crippen LogP contribution in [0.25, 0.3) is 0 Å². The van der Waals surface area contributed by atoms with Gasteiger partial charge in [-0.2, -0.15) is 0 Å². The molecule has 4 heteroatoms. The van der Waals surface area contributed by atoms with Crippen molar-refractivity contribution in [3.05, 3.63) is 36.4 Å². The van der Waals surface area contributed by atoms with E-state index in [0.29, 0.717) is 11.3 Å². The summed E-state index contributed by atoms with van der Waals surface area (Å²) < 4.78 is 9.90. The number of hydrogen-bond acceptors (Lipinski definition) is 4. The van der Waals surface area contributed by atoms with Crippen LogP contribution in [0.5, 0.6) is 5.75 Å². The van der Waals surface area contributed by atoms with Gasteiger partial charge in [0, 0.05) is 22.5 Å². The second-order valence-electron chi connectivity index (χ2n) is 2.89. The van der Waals surface area contributed by atoms with Crippen LogP contribution in [-0.4, -0.2) is 13.1 Å². The van der Waals surface area contributed by atoms with E-state index in [2.05, 4.69) is 6.58 Å². The summed E-state index contributed by atoms with van der Waals surface area (Å²) in [6.45, 7) is 5.11. The normalized spacial score (nSPS) is 9.73. The van der Waals surface area contributed by atoms with Crippen LogP contribution in [0.4, 0.5) is 0 Å². The highest BCUT2D eigenvalue weighted by Crippen LogP contribution is 2.21. The summed E-state index contributed by atoms with van der Waals surface area (Å²) in [4.78, 5) is 12.1. The van der Waals surface area contributed by atoms with E-state index in [1.54, 1.807) is 26.2 Å². The monoisotopic (exact) mass is 224 g/mol. The number of ether oxygens (including phenoxy) is 1. The Balaban J connectivity index is 2.64. The van der Waals surface area contributed by atoms with Crippen LogP contribution >= 0.6 is 12.0 Å². The molecule has 0 spiro atoms. The molecule has 15 heavy (non-hydrogen) atoms. The van der Waals surface area contributed by atoms with Gasteiger partial charge in [-0.1, -0.05) is 6.58 Å². The largest absolute Gasteiger partial charge is 0.423 e. The van der Waals surface area contributed by atoms with Gasteiger partial charge in [0.15, 0.2) is 0 Å². The first kappa shape index (κ1) is 11.8. The molecule has 0 bridgehead atoms. The summed E-state index contributed by atoms with van der Waals surface area (Å²) in [7, 11) is 1.60. The molecule has 0 aliphatic heterocycles. The molecule has 0 N–H and O–H groups in total. The molecule has 0 aliphatic carbocycles. The first-order valence-electron chi connectivity index (χ1n) is 4.32. The zero-order chi connectivity index (χ0) is 11.3. The Morgan fingerprint density at radius 1 is 1.33 bits per heavy atom. The maximum absolute atomic E-state index is 11.2. The molecule has 1 aromatic carbocycles. The van der Waals surface area contributed by atoms with Gasteiger partial charge in [0.05, 0.1) is 7.11 Å². The molecule has 0 heterocycles. The summed E-state index contributed by atoms with van der Waals surface area (Å²) in [6, 6.07) is 7.05. The lowest BCUT2D eigenvalue weighted by atomic mass is 10.3. The molecule has 0 atom stereocenters. The predicted molar refractivity (Wildman–Crippen MR) is 59.8 cm³/mol. The zero-order valence-electron chi connectivity index (χ0n) is 8.65. The molecule has 0 fully saturated rings. The van der Waals surface area contributed by atoms with Crippen LogP contribution in [0.2, 0.25) is 0 Å². The third-order valence-corrected chi connectivity index (χ3v) is 2.19. The molecule has 0 saturated carbocycles. The smallest absolute Gasteiger partial charge is 0.338 e. The molecule has 0 aromatic heterocycles. The van der Waals surface area contributed by atoms with Gasteiger partial charge in [-0.3, -0.25) is 0 Å². The summed E-state index contributed by atoms with van der Waals surface area (Å²) in [6.07, 6.45) is 0. The average Bonchev–Trinajstić information content (AvgIpc) is 2.21. The Bertz CT molecular complexity index is 357. The SMILES string of the molecule is C=C(C)C(=O)Oc1ccc(SOC)cc1. The van der Waals surface area contributed by atoms with Gasteiger partial charge in [0.1, 0.15) is 5.75 Å². The first-order valence-corrected chi connectivity index (χ1v) is 5.06. The van der Waals surface area contributed by atoms with Crippen LogP contribution in [-0.2, 0) is 8.98 Å². The number of benzene rings is 1. The Morgan fingerprint density at radius 2 is 1.93 bits per heavy atom. The van der Waals surface area contributed by atoms with Gasteiger partial charge in [0.2, 0.25) is 0 Å². The van der Waals surface area contributed by atoms with E-state index >= 15 is 0 Å². The van der Waals surface area contributed by atoms with Crippen LogP contribution in [0.3, 0.4) is 0 Å².